The monoisotopic (exact) mass is 297 g/mol. The SMILES string of the molecule is O=C(O)c1oc(C2(c3ccccc3)CC2)nc1C(F)(F)F. The first-order chi connectivity index (χ1) is 9.84. The summed E-state index contributed by atoms with van der Waals surface area (Å²) < 4.78 is 43.5. The van der Waals surface area contributed by atoms with E-state index in [2.05, 4.69) is 4.98 Å². The van der Waals surface area contributed by atoms with Crippen LogP contribution in [0.5, 0.6) is 0 Å². The number of nitrogens with zero attached hydrogens (tertiary/aromatic N) is 1. The van der Waals surface area contributed by atoms with Gasteiger partial charge in [-0.3, -0.25) is 0 Å². The molecule has 21 heavy (non-hydrogen) atoms. The van der Waals surface area contributed by atoms with Gasteiger partial charge in [0.05, 0.1) is 5.41 Å². The van der Waals surface area contributed by atoms with Gasteiger partial charge in [0.1, 0.15) is 0 Å². The Morgan fingerprint density at radius 1 is 1.24 bits per heavy atom. The molecule has 1 aromatic heterocycles. The van der Waals surface area contributed by atoms with Gasteiger partial charge in [-0.15, -0.1) is 0 Å². The highest BCUT2D eigenvalue weighted by molar-refractivity contribution is 5.85. The molecule has 4 nitrogen and oxygen atoms in total. The maximum atomic E-state index is 12.8. The van der Waals surface area contributed by atoms with Crippen molar-refractivity contribution in [2.45, 2.75) is 24.4 Å². The van der Waals surface area contributed by atoms with Crippen molar-refractivity contribution in [1.82, 2.24) is 4.98 Å². The molecule has 1 fully saturated rings. The van der Waals surface area contributed by atoms with Gasteiger partial charge in [0.2, 0.25) is 11.7 Å². The van der Waals surface area contributed by atoms with E-state index in [1.54, 1.807) is 30.3 Å². The number of carbonyl (C=O) groups is 1. The molecule has 0 unspecified atom stereocenters. The fraction of sp³-hybridized carbons (Fsp3) is 0.286. The summed E-state index contributed by atoms with van der Waals surface area (Å²) in [5.41, 5.74) is -1.45. The van der Waals surface area contributed by atoms with E-state index in [4.69, 9.17) is 9.52 Å². The van der Waals surface area contributed by atoms with Gasteiger partial charge in [-0.2, -0.15) is 13.2 Å². The number of halogens is 3. The molecule has 1 aliphatic rings. The summed E-state index contributed by atoms with van der Waals surface area (Å²) in [6, 6.07) is 8.86. The van der Waals surface area contributed by atoms with Crippen molar-refractivity contribution in [3.63, 3.8) is 0 Å². The Bertz CT molecular complexity index is 687. The van der Waals surface area contributed by atoms with Crippen LogP contribution in [-0.2, 0) is 11.6 Å². The maximum absolute atomic E-state index is 12.8. The zero-order valence-electron chi connectivity index (χ0n) is 10.6. The predicted octanol–water partition coefficient (Wildman–Crippen LogP) is 3.47. The van der Waals surface area contributed by atoms with E-state index in [-0.39, 0.29) is 5.89 Å². The molecule has 1 aliphatic carbocycles. The van der Waals surface area contributed by atoms with Gasteiger partial charge in [0.15, 0.2) is 5.69 Å². The Kier molecular flexibility index (Phi) is 2.82. The molecule has 110 valence electrons. The van der Waals surface area contributed by atoms with Crippen LogP contribution in [0.1, 0.15) is 40.5 Å². The average molecular weight is 297 g/mol. The zero-order valence-corrected chi connectivity index (χ0v) is 10.6. The van der Waals surface area contributed by atoms with Gasteiger partial charge in [0.25, 0.3) is 0 Å². The molecule has 0 spiro atoms. The Hall–Kier alpha value is -2.31. The molecular weight excluding hydrogens is 287 g/mol. The van der Waals surface area contributed by atoms with Crippen LogP contribution < -0.4 is 0 Å². The van der Waals surface area contributed by atoms with E-state index in [1.165, 1.54) is 0 Å². The molecule has 0 amide bonds. The summed E-state index contributed by atoms with van der Waals surface area (Å²) in [6.07, 6.45) is -3.70. The number of aromatic carboxylic acids is 1. The van der Waals surface area contributed by atoms with E-state index >= 15 is 0 Å². The number of hydrogen-bond acceptors (Lipinski definition) is 3. The molecule has 0 radical (unpaired) electrons. The molecule has 1 heterocycles. The Labute approximate surface area is 117 Å². The molecule has 1 aromatic carbocycles. The first kappa shape index (κ1) is 13.7. The molecular formula is C14H10F3NO3. The highest BCUT2D eigenvalue weighted by atomic mass is 19.4. The number of benzene rings is 1. The van der Waals surface area contributed by atoms with Crippen molar-refractivity contribution < 1.29 is 27.5 Å². The lowest BCUT2D eigenvalue weighted by molar-refractivity contribution is -0.141. The van der Waals surface area contributed by atoms with Crippen molar-refractivity contribution in [2.75, 3.05) is 0 Å². The third-order valence-electron chi connectivity index (χ3n) is 3.58. The van der Waals surface area contributed by atoms with Crippen LogP contribution in [0.2, 0.25) is 0 Å². The van der Waals surface area contributed by atoms with Crippen LogP contribution in [0.25, 0.3) is 0 Å². The number of rotatable bonds is 3. The third-order valence-corrected chi connectivity index (χ3v) is 3.58. The summed E-state index contributed by atoms with van der Waals surface area (Å²) in [7, 11) is 0. The van der Waals surface area contributed by atoms with Crippen LogP contribution in [0.3, 0.4) is 0 Å². The van der Waals surface area contributed by atoms with Crippen molar-refractivity contribution >= 4 is 5.97 Å². The number of carboxylic acid groups (broad SMARTS) is 1. The predicted molar refractivity (Wildman–Crippen MR) is 64.9 cm³/mol. The van der Waals surface area contributed by atoms with Crippen molar-refractivity contribution in [3.8, 4) is 0 Å². The van der Waals surface area contributed by atoms with Crippen molar-refractivity contribution in [2.24, 2.45) is 0 Å². The molecule has 0 atom stereocenters. The maximum Gasteiger partial charge on any atom is 0.437 e. The quantitative estimate of drug-likeness (QED) is 0.942. The molecule has 7 heteroatoms. The largest absolute Gasteiger partial charge is 0.475 e. The van der Waals surface area contributed by atoms with Gasteiger partial charge < -0.3 is 9.52 Å². The second-order valence-corrected chi connectivity index (χ2v) is 4.95. The van der Waals surface area contributed by atoms with Crippen molar-refractivity contribution in [3.05, 3.63) is 53.2 Å². The molecule has 1 saturated carbocycles. The minimum atomic E-state index is -4.86. The summed E-state index contributed by atoms with van der Waals surface area (Å²) >= 11 is 0. The van der Waals surface area contributed by atoms with Gasteiger partial charge in [0, 0.05) is 0 Å². The molecule has 0 bridgehead atoms. The second kappa shape index (κ2) is 4.34. The normalized spacial score (nSPS) is 16.7. The summed E-state index contributed by atoms with van der Waals surface area (Å²) in [5, 5.41) is 8.87. The summed E-state index contributed by atoms with van der Waals surface area (Å²) in [4.78, 5) is 14.4. The number of oxazole rings is 1. The third kappa shape index (κ3) is 2.18. The van der Waals surface area contributed by atoms with Crippen LogP contribution in [0, 0.1) is 0 Å². The van der Waals surface area contributed by atoms with E-state index in [0.717, 1.165) is 5.56 Å². The topological polar surface area (TPSA) is 63.3 Å². The second-order valence-electron chi connectivity index (χ2n) is 4.95. The Morgan fingerprint density at radius 2 is 1.86 bits per heavy atom. The first-order valence-corrected chi connectivity index (χ1v) is 6.22. The molecule has 0 saturated heterocycles. The van der Waals surface area contributed by atoms with E-state index in [1.807, 2.05) is 0 Å². The number of alkyl halides is 3. The Morgan fingerprint density at radius 3 is 2.29 bits per heavy atom. The van der Waals surface area contributed by atoms with Gasteiger partial charge in [-0.1, -0.05) is 30.3 Å². The lowest BCUT2D eigenvalue weighted by Gasteiger charge is -2.10. The van der Waals surface area contributed by atoms with Crippen LogP contribution in [0.4, 0.5) is 13.2 Å². The highest BCUT2D eigenvalue weighted by Gasteiger charge is 2.53. The molecule has 0 aliphatic heterocycles. The van der Waals surface area contributed by atoms with E-state index in [0.29, 0.717) is 12.8 Å². The average Bonchev–Trinajstić information content (AvgIpc) is 3.10. The van der Waals surface area contributed by atoms with Gasteiger partial charge in [-0.25, -0.2) is 9.78 Å². The number of aromatic nitrogens is 1. The van der Waals surface area contributed by atoms with Gasteiger partial charge >= 0.3 is 12.1 Å². The molecule has 2 aromatic rings. The van der Waals surface area contributed by atoms with Gasteiger partial charge in [-0.05, 0) is 18.4 Å². The summed E-state index contributed by atoms with van der Waals surface area (Å²) in [6.45, 7) is 0. The number of hydrogen-bond donors (Lipinski definition) is 1. The van der Waals surface area contributed by atoms with Crippen molar-refractivity contribution in [1.29, 1.82) is 0 Å². The number of carboxylic acids is 1. The lowest BCUT2D eigenvalue weighted by Crippen LogP contribution is -2.13. The molecule has 1 N–H and O–H groups in total. The minimum absolute atomic E-state index is 0.182. The fourth-order valence-corrected chi connectivity index (χ4v) is 2.37. The summed E-state index contributed by atoms with van der Waals surface area (Å²) in [5.74, 6) is -3.11. The van der Waals surface area contributed by atoms with E-state index < -0.39 is 29.0 Å². The lowest BCUT2D eigenvalue weighted by atomic mass is 9.96. The standard InChI is InChI=1S/C14H10F3NO3/c15-14(16,17)10-9(11(19)20)21-12(18-10)13(6-7-13)8-4-2-1-3-5-8/h1-5H,6-7H2,(H,19,20). The minimum Gasteiger partial charge on any atom is -0.475 e. The first-order valence-electron chi connectivity index (χ1n) is 6.22. The van der Waals surface area contributed by atoms with Crippen LogP contribution >= 0.6 is 0 Å². The Balaban J connectivity index is 2.11. The molecule has 3 rings (SSSR count). The zero-order chi connectivity index (χ0) is 15.3. The fourth-order valence-electron chi connectivity index (χ4n) is 2.37. The smallest absolute Gasteiger partial charge is 0.437 e. The highest BCUT2D eigenvalue weighted by Crippen LogP contribution is 2.53. The van der Waals surface area contributed by atoms with E-state index in [9.17, 15) is 18.0 Å². The van der Waals surface area contributed by atoms with Crippen LogP contribution in [-0.4, -0.2) is 16.1 Å². The van der Waals surface area contributed by atoms with Crippen LogP contribution in [0.15, 0.2) is 34.7 Å².